The molecule has 8 nitrogen and oxygen atoms in total. The molecule has 5 rings (SSSR count). The smallest absolute Gasteiger partial charge is 0.282 e. The molecule has 1 amide bonds. The Hall–Kier alpha value is -3.63. The van der Waals surface area contributed by atoms with E-state index in [1.54, 1.807) is 12.3 Å². The van der Waals surface area contributed by atoms with E-state index in [-0.39, 0.29) is 11.2 Å². The van der Waals surface area contributed by atoms with Crippen molar-refractivity contribution in [1.29, 1.82) is 0 Å². The summed E-state index contributed by atoms with van der Waals surface area (Å²) in [5, 5.41) is 8.18. The van der Waals surface area contributed by atoms with Gasteiger partial charge in [-0.1, -0.05) is 0 Å². The Bertz CT molecular complexity index is 1260. The van der Waals surface area contributed by atoms with Crippen molar-refractivity contribution in [3.05, 3.63) is 71.1 Å². The number of nitrogens with zero attached hydrogens (tertiary/aromatic N) is 6. The second kappa shape index (κ2) is 6.71. The number of hydrogen-bond acceptors (Lipinski definition) is 4. The van der Waals surface area contributed by atoms with Crippen LogP contribution < -0.4 is 0 Å². The van der Waals surface area contributed by atoms with Crippen LogP contribution >= 0.6 is 0 Å². The number of rotatable bonds is 3. The van der Waals surface area contributed by atoms with Gasteiger partial charge in [-0.15, -0.1) is 0 Å². The molecule has 0 radical (unpaired) electrons. The van der Waals surface area contributed by atoms with Crippen molar-refractivity contribution in [2.45, 2.75) is 18.9 Å². The summed E-state index contributed by atoms with van der Waals surface area (Å²) in [6.45, 7) is 0.310. The standard InChI is InChI=1S/C19H16F3N7O/c1-27-15(8-13(25-27)18(21)22)19(30)28-6-4-11-16(24-9-23-11)17(28)12-7-14-10(20)3-2-5-29(14)26-12/h2-3,5,7-9,17-18H,4,6H2,1H3,(H,23,24)/t17-/m0/s1. The number of carbonyl (C=O) groups is 1. The quantitative estimate of drug-likeness (QED) is 0.558. The number of fused-ring (bicyclic) bond motifs is 2. The van der Waals surface area contributed by atoms with Crippen molar-refractivity contribution in [3.8, 4) is 0 Å². The fourth-order valence-corrected chi connectivity index (χ4v) is 3.87. The number of hydrogen-bond donors (Lipinski definition) is 1. The maximum Gasteiger partial charge on any atom is 0.282 e. The average Bonchev–Trinajstić information content (AvgIpc) is 3.44. The first kappa shape index (κ1) is 18.4. The number of alkyl halides is 2. The Kier molecular flexibility index (Phi) is 4.12. The summed E-state index contributed by atoms with van der Waals surface area (Å²) in [6.07, 6.45) is 0.868. The summed E-state index contributed by atoms with van der Waals surface area (Å²) in [5.41, 5.74) is 1.70. The predicted octanol–water partition coefficient (Wildman–Crippen LogP) is 2.66. The fraction of sp³-hybridized carbons (Fsp3) is 0.263. The Morgan fingerprint density at radius 3 is 2.87 bits per heavy atom. The predicted molar refractivity (Wildman–Crippen MR) is 98.5 cm³/mol. The van der Waals surface area contributed by atoms with Gasteiger partial charge in [0.15, 0.2) is 0 Å². The van der Waals surface area contributed by atoms with Crippen LogP contribution in [0.4, 0.5) is 13.2 Å². The molecule has 1 aliphatic rings. The first-order valence-corrected chi connectivity index (χ1v) is 9.23. The molecule has 0 bridgehead atoms. The molecule has 0 spiro atoms. The van der Waals surface area contributed by atoms with Gasteiger partial charge < -0.3 is 9.88 Å². The molecular weight excluding hydrogens is 399 g/mol. The molecule has 0 saturated heterocycles. The minimum atomic E-state index is -2.78. The van der Waals surface area contributed by atoms with Crippen LogP contribution in [0.1, 0.15) is 45.7 Å². The highest BCUT2D eigenvalue weighted by molar-refractivity contribution is 5.93. The third-order valence-corrected chi connectivity index (χ3v) is 5.28. The van der Waals surface area contributed by atoms with E-state index >= 15 is 0 Å². The molecule has 1 aliphatic heterocycles. The van der Waals surface area contributed by atoms with Crippen LogP contribution in [0.15, 0.2) is 36.8 Å². The maximum absolute atomic E-state index is 14.2. The van der Waals surface area contributed by atoms with Crippen LogP contribution in [-0.4, -0.2) is 46.7 Å². The highest BCUT2D eigenvalue weighted by Crippen LogP contribution is 2.34. The summed E-state index contributed by atoms with van der Waals surface area (Å²) in [5.74, 6) is -0.923. The van der Waals surface area contributed by atoms with Gasteiger partial charge in [0.25, 0.3) is 12.3 Å². The number of halogens is 3. The van der Waals surface area contributed by atoms with E-state index in [4.69, 9.17) is 0 Å². The summed E-state index contributed by atoms with van der Waals surface area (Å²) in [6, 6.07) is 4.82. The number of H-pyrrole nitrogens is 1. The highest BCUT2D eigenvalue weighted by Gasteiger charge is 2.37. The van der Waals surface area contributed by atoms with Crippen molar-refractivity contribution >= 4 is 11.4 Å². The third kappa shape index (κ3) is 2.77. The summed E-state index contributed by atoms with van der Waals surface area (Å²) >= 11 is 0. The van der Waals surface area contributed by atoms with Crippen molar-refractivity contribution in [2.75, 3.05) is 6.54 Å². The molecule has 4 aromatic heterocycles. The molecule has 0 aromatic carbocycles. The zero-order valence-corrected chi connectivity index (χ0v) is 15.8. The van der Waals surface area contributed by atoms with Crippen molar-refractivity contribution in [2.24, 2.45) is 7.05 Å². The zero-order valence-electron chi connectivity index (χ0n) is 15.8. The van der Waals surface area contributed by atoms with Crippen molar-refractivity contribution < 1.29 is 18.0 Å². The number of amides is 1. The first-order valence-electron chi connectivity index (χ1n) is 9.23. The lowest BCUT2D eigenvalue weighted by Crippen LogP contribution is -2.41. The largest absolute Gasteiger partial charge is 0.348 e. The lowest BCUT2D eigenvalue weighted by molar-refractivity contribution is 0.0675. The molecule has 0 saturated carbocycles. The van der Waals surface area contributed by atoms with E-state index in [1.165, 1.54) is 34.9 Å². The minimum absolute atomic E-state index is 0.0317. The molecular formula is C19H16F3N7O. The monoisotopic (exact) mass is 415 g/mol. The third-order valence-electron chi connectivity index (χ3n) is 5.28. The number of aromatic amines is 1. The van der Waals surface area contributed by atoms with Gasteiger partial charge in [-0.3, -0.25) is 9.48 Å². The normalized spacial score (nSPS) is 16.4. The molecule has 4 aromatic rings. The van der Waals surface area contributed by atoms with Gasteiger partial charge in [0, 0.05) is 31.9 Å². The topological polar surface area (TPSA) is 84.1 Å². The van der Waals surface area contributed by atoms with Crippen LogP contribution in [0.5, 0.6) is 0 Å². The second-order valence-electron chi connectivity index (χ2n) is 7.05. The van der Waals surface area contributed by atoms with Gasteiger partial charge >= 0.3 is 0 Å². The molecule has 0 fully saturated rings. The molecule has 1 N–H and O–H groups in total. The number of aromatic nitrogens is 6. The van der Waals surface area contributed by atoms with E-state index in [0.29, 0.717) is 24.4 Å². The van der Waals surface area contributed by atoms with Crippen LogP contribution in [-0.2, 0) is 13.5 Å². The lowest BCUT2D eigenvalue weighted by Gasteiger charge is -2.33. The van der Waals surface area contributed by atoms with Crippen LogP contribution in [0, 0.1) is 5.82 Å². The van der Waals surface area contributed by atoms with Gasteiger partial charge in [0.05, 0.1) is 17.7 Å². The summed E-state index contributed by atoms with van der Waals surface area (Å²) in [4.78, 5) is 22.2. The SMILES string of the molecule is Cn1nc(C(F)F)cc1C(=O)N1CCc2[nH]cnc2[C@@H]1c1cc2c(F)cccn2n1. The van der Waals surface area contributed by atoms with Crippen LogP contribution in [0.3, 0.4) is 0 Å². The van der Waals surface area contributed by atoms with Gasteiger partial charge in [-0.2, -0.15) is 10.2 Å². The molecule has 1 atom stereocenters. The Morgan fingerprint density at radius 1 is 1.30 bits per heavy atom. The fourth-order valence-electron chi connectivity index (χ4n) is 3.87. The van der Waals surface area contributed by atoms with E-state index in [1.807, 2.05) is 0 Å². The number of pyridine rings is 1. The summed E-state index contributed by atoms with van der Waals surface area (Å²) in [7, 11) is 1.44. The van der Waals surface area contributed by atoms with E-state index in [2.05, 4.69) is 20.2 Å². The van der Waals surface area contributed by atoms with E-state index < -0.39 is 29.9 Å². The second-order valence-corrected chi connectivity index (χ2v) is 7.05. The van der Waals surface area contributed by atoms with Gasteiger partial charge in [0.1, 0.15) is 28.8 Å². The Morgan fingerprint density at radius 2 is 2.13 bits per heavy atom. The summed E-state index contributed by atoms with van der Waals surface area (Å²) < 4.78 is 42.9. The highest BCUT2D eigenvalue weighted by atomic mass is 19.3. The number of carbonyl (C=O) groups excluding carboxylic acids is 1. The average molecular weight is 415 g/mol. The van der Waals surface area contributed by atoms with Gasteiger partial charge in [-0.05, 0) is 24.3 Å². The first-order chi connectivity index (χ1) is 14.4. The number of imidazole rings is 1. The Balaban J connectivity index is 1.62. The molecule has 30 heavy (non-hydrogen) atoms. The lowest BCUT2D eigenvalue weighted by atomic mass is 9.99. The van der Waals surface area contributed by atoms with Crippen LogP contribution in [0.2, 0.25) is 0 Å². The van der Waals surface area contributed by atoms with E-state index in [0.717, 1.165) is 16.4 Å². The minimum Gasteiger partial charge on any atom is -0.348 e. The Labute approximate surface area is 167 Å². The molecule has 0 aliphatic carbocycles. The number of nitrogens with one attached hydrogen (secondary N) is 1. The molecule has 11 heteroatoms. The van der Waals surface area contributed by atoms with Crippen LogP contribution in [0.25, 0.3) is 5.52 Å². The molecule has 5 heterocycles. The van der Waals surface area contributed by atoms with E-state index in [9.17, 15) is 18.0 Å². The van der Waals surface area contributed by atoms with Crippen molar-refractivity contribution in [1.82, 2.24) is 34.3 Å². The maximum atomic E-state index is 14.2. The molecule has 0 unspecified atom stereocenters. The zero-order chi connectivity index (χ0) is 21.0. The molecule has 154 valence electrons. The number of aryl methyl sites for hydroxylation is 1. The van der Waals surface area contributed by atoms with Gasteiger partial charge in [0.2, 0.25) is 0 Å². The van der Waals surface area contributed by atoms with Gasteiger partial charge in [-0.25, -0.2) is 22.7 Å². The van der Waals surface area contributed by atoms with Crippen molar-refractivity contribution in [3.63, 3.8) is 0 Å².